The van der Waals surface area contributed by atoms with Crippen molar-refractivity contribution in [2.45, 2.75) is 42.8 Å². The van der Waals surface area contributed by atoms with Gasteiger partial charge in [0.1, 0.15) is 0 Å². The quantitative estimate of drug-likeness (QED) is 0.814. The Hall–Kier alpha value is -0.390. The second kappa shape index (κ2) is 7.05. The van der Waals surface area contributed by atoms with E-state index in [-0.39, 0.29) is 0 Å². The average molecular weight is 360 g/mol. The Balaban J connectivity index is 1.93. The Morgan fingerprint density at radius 2 is 1.75 bits per heavy atom. The van der Waals surface area contributed by atoms with Gasteiger partial charge in [-0.1, -0.05) is 47.8 Å². The smallest absolute Gasteiger partial charge is 0.211 e. The lowest BCUT2D eigenvalue weighted by atomic mass is 9.83. The predicted octanol–water partition coefficient (Wildman–Crippen LogP) is 3.69. The zero-order chi connectivity index (χ0) is 14.6. The van der Waals surface area contributed by atoms with Crippen molar-refractivity contribution in [3.63, 3.8) is 0 Å². The van der Waals surface area contributed by atoms with E-state index >= 15 is 0 Å². The van der Waals surface area contributed by atoms with Gasteiger partial charge in [0, 0.05) is 11.9 Å². The van der Waals surface area contributed by atoms with Crippen molar-refractivity contribution in [1.29, 1.82) is 0 Å². The Bertz CT molecular complexity index is 519. The third-order valence-corrected chi connectivity index (χ3v) is 6.17. The zero-order valence-corrected chi connectivity index (χ0v) is 14.2. The lowest BCUT2D eigenvalue weighted by Gasteiger charge is -2.26. The van der Waals surface area contributed by atoms with Gasteiger partial charge in [-0.2, -0.15) is 0 Å². The van der Waals surface area contributed by atoms with Crippen LogP contribution < -0.4 is 4.72 Å². The van der Waals surface area contributed by atoms with Crippen LogP contribution in [0.2, 0.25) is 0 Å². The minimum Gasteiger partial charge on any atom is -0.211 e. The molecule has 1 fully saturated rings. The summed E-state index contributed by atoms with van der Waals surface area (Å²) in [7, 11) is -3.36. The molecule has 1 aliphatic carbocycles. The van der Waals surface area contributed by atoms with Gasteiger partial charge in [0.15, 0.2) is 0 Å². The molecule has 0 amide bonds. The number of hydrogen-bond acceptors (Lipinski definition) is 2. The molecule has 0 bridgehead atoms. The first-order valence-electron chi connectivity index (χ1n) is 7.16. The summed E-state index contributed by atoms with van der Waals surface area (Å²) in [5.74, 6) is 1.28. The molecule has 0 saturated heterocycles. The average Bonchev–Trinajstić information content (AvgIpc) is 2.47. The van der Waals surface area contributed by atoms with Crippen LogP contribution in [0.4, 0.5) is 0 Å². The highest BCUT2D eigenvalue weighted by molar-refractivity contribution is 9.08. The van der Waals surface area contributed by atoms with Crippen molar-refractivity contribution >= 4 is 26.0 Å². The molecule has 112 valence electrons. The third kappa shape index (κ3) is 4.30. The maximum atomic E-state index is 12.2. The number of nitrogens with one attached hydrogen (secondary N) is 1. The second-order valence-corrected chi connectivity index (χ2v) is 8.08. The van der Waals surface area contributed by atoms with Gasteiger partial charge in [-0.05, 0) is 42.4 Å². The molecule has 0 heterocycles. The first kappa shape index (κ1) is 16.0. The van der Waals surface area contributed by atoms with E-state index in [0.29, 0.717) is 17.4 Å². The molecule has 1 N–H and O–H groups in total. The SMILES string of the molecule is CC1CCC(CNS(=O)(=O)c2ccc(CBr)cc2)CC1. The Labute approximate surface area is 130 Å². The molecular weight excluding hydrogens is 338 g/mol. The number of benzene rings is 1. The minimum atomic E-state index is -3.36. The molecule has 0 aliphatic heterocycles. The largest absolute Gasteiger partial charge is 0.240 e. The highest BCUT2D eigenvalue weighted by atomic mass is 79.9. The topological polar surface area (TPSA) is 46.2 Å². The standard InChI is InChI=1S/C15H22BrNO2S/c1-12-2-4-14(5-3-12)11-17-20(18,19)15-8-6-13(10-16)7-9-15/h6-9,12,14,17H,2-5,10-11H2,1H3. The number of sulfonamides is 1. The van der Waals surface area contributed by atoms with E-state index in [4.69, 9.17) is 0 Å². The highest BCUT2D eigenvalue weighted by Gasteiger charge is 2.21. The fourth-order valence-electron chi connectivity index (χ4n) is 2.60. The first-order valence-corrected chi connectivity index (χ1v) is 9.76. The van der Waals surface area contributed by atoms with E-state index in [2.05, 4.69) is 27.6 Å². The molecule has 5 heteroatoms. The van der Waals surface area contributed by atoms with Crippen LogP contribution in [0, 0.1) is 11.8 Å². The van der Waals surface area contributed by atoms with Crippen molar-refractivity contribution in [3.8, 4) is 0 Å². The normalized spacial score (nSPS) is 23.7. The maximum Gasteiger partial charge on any atom is 0.240 e. The van der Waals surface area contributed by atoms with E-state index in [1.54, 1.807) is 12.1 Å². The molecule has 1 aliphatic rings. The molecule has 0 spiro atoms. The van der Waals surface area contributed by atoms with Gasteiger partial charge in [0.25, 0.3) is 0 Å². The van der Waals surface area contributed by atoms with Crippen molar-refractivity contribution in [2.24, 2.45) is 11.8 Å². The summed E-state index contributed by atoms with van der Waals surface area (Å²) in [5, 5.41) is 0.737. The summed E-state index contributed by atoms with van der Waals surface area (Å²) in [6.45, 7) is 2.83. The Kier molecular flexibility index (Phi) is 5.64. The van der Waals surface area contributed by atoms with Crippen molar-refractivity contribution in [1.82, 2.24) is 4.72 Å². The summed E-state index contributed by atoms with van der Waals surface area (Å²) < 4.78 is 27.2. The van der Waals surface area contributed by atoms with E-state index in [1.807, 2.05) is 12.1 Å². The minimum absolute atomic E-state index is 0.353. The molecule has 1 aromatic carbocycles. The van der Waals surface area contributed by atoms with E-state index in [1.165, 1.54) is 12.8 Å². The maximum absolute atomic E-state index is 12.2. The van der Waals surface area contributed by atoms with E-state index < -0.39 is 10.0 Å². The van der Waals surface area contributed by atoms with Gasteiger partial charge in [-0.15, -0.1) is 0 Å². The summed E-state index contributed by atoms with van der Waals surface area (Å²) >= 11 is 3.36. The lowest BCUT2D eigenvalue weighted by Crippen LogP contribution is -2.31. The highest BCUT2D eigenvalue weighted by Crippen LogP contribution is 2.28. The lowest BCUT2D eigenvalue weighted by molar-refractivity contribution is 0.290. The van der Waals surface area contributed by atoms with Gasteiger partial charge in [0.05, 0.1) is 4.90 Å². The molecule has 3 nitrogen and oxygen atoms in total. The molecule has 0 radical (unpaired) electrons. The van der Waals surface area contributed by atoms with Gasteiger partial charge in [-0.3, -0.25) is 0 Å². The van der Waals surface area contributed by atoms with Crippen LogP contribution in [-0.2, 0) is 15.4 Å². The van der Waals surface area contributed by atoms with Crippen molar-refractivity contribution in [3.05, 3.63) is 29.8 Å². The number of hydrogen-bond donors (Lipinski definition) is 1. The molecule has 20 heavy (non-hydrogen) atoms. The van der Waals surface area contributed by atoms with Crippen molar-refractivity contribution in [2.75, 3.05) is 6.54 Å². The molecule has 2 rings (SSSR count). The van der Waals surface area contributed by atoms with Crippen molar-refractivity contribution < 1.29 is 8.42 Å². The summed E-state index contributed by atoms with van der Waals surface area (Å²) in [6, 6.07) is 7.01. The third-order valence-electron chi connectivity index (χ3n) is 4.09. The van der Waals surface area contributed by atoms with Crippen LogP contribution in [-0.4, -0.2) is 15.0 Å². The number of halogens is 1. The number of alkyl halides is 1. The van der Waals surface area contributed by atoms with Gasteiger partial charge in [-0.25, -0.2) is 13.1 Å². The monoisotopic (exact) mass is 359 g/mol. The predicted molar refractivity (Wildman–Crippen MR) is 85.4 cm³/mol. The van der Waals surface area contributed by atoms with Crippen LogP contribution in [0.1, 0.15) is 38.2 Å². The summed E-state index contributed by atoms with van der Waals surface area (Å²) in [5.41, 5.74) is 1.07. The molecule has 0 atom stereocenters. The first-order chi connectivity index (χ1) is 9.51. The molecule has 0 unspecified atom stereocenters. The summed E-state index contributed by atoms with van der Waals surface area (Å²) in [4.78, 5) is 0.353. The molecular formula is C15H22BrNO2S. The van der Waals surface area contributed by atoms with Crippen LogP contribution in [0.25, 0.3) is 0 Å². The molecule has 0 aromatic heterocycles. The van der Waals surface area contributed by atoms with Crippen LogP contribution in [0.3, 0.4) is 0 Å². The molecule has 1 saturated carbocycles. The van der Waals surface area contributed by atoms with E-state index in [9.17, 15) is 8.42 Å². The van der Waals surface area contributed by atoms with Gasteiger partial charge in [0.2, 0.25) is 10.0 Å². The molecule has 1 aromatic rings. The van der Waals surface area contributed by atoms with E-state index in [0.717, 1.165) is 29.7 Å². The second-order valence-electron chi connectivity index (χ2n) is 5.76. The Morgan fingerprint density at radius 1 is 1.15 bits per heavy atom. The number of rotatable bonds is 5. The summed E-state index contributed by atoms with van der Waals surface area (Å²) in [6.07, 6.45) is 4.69. The van der Waals surface area contributed by atoms with Crippen LogP contribution >= 0.6 is 15.9 Å². The van der Waals surface area contributed by atoms with Gasteiger partial charge < -0.3 is 0 Å². The zero-order valence-electron chi connectivity index (χ0n) is 11.8. The van der Waals surface area contributed by atoms with Crippen LogP contribution in [0.5, 0.6) is 0 Å². The fraction of sp³-hybridized carbons (Fsp3) is 0.600. The van der Waals surface area contributed by atoms with Gasteiger partial charge >= 0.3 is 0 Å². The Morgan fingerprint density at radius 3 is 2.30 bits per heavy atom. The van der Waals surface area contributed by atoms with Crippen LogP contribution in [0.15, 0.2) is 29.2 Å². The fourth-order valence-corrected chi connectivity index (χ4v) is 4.09.